The summed E-state index contributed by atoms with van der Waals surface area (Å²) in [5.41, 5.74) is 2.24. The monoisotopic (exact) mass is 517 g/mol. The molecule has 0 aromatic heterocycles. The van der Waals surface area contributed by atoms with Gasteiger partial charge in [-0.2, -0.15) is 0 Å². The van der Waals surface area contributed by atoms with E-state index in [1.165, 1.54) is 12.1 Å². The molecule has 3 aromatic rings. The van der Waals surface area contributed by atoms with Gasteiger partial charge in [-0.3, -0.25) is 14.9 Å². The van der Waals surface area contributed by atoms with E-state index < -0.39 is 9.75 Å². The summed E-state index contributed by atoms with van der Waals surface area (Å²) >= 11 is 7.01. The SMILES string of the molecule is O=C(c1ccccc1OCc1ccccc1)[C@H](Br)[C@@H](Br)c1ccc([N+](=O)[O-])cc1. The van der Waals surface area contributed by atoms with Gasteiger partial charge in [-0.05, 0) is 23.3 Å². The molecule has 0 unspecified atom stereocenters. The lowest BCUT2D eigenvalue weighted by molar-refractivity contribution is -0.384. The van der Waals surface area contributed by atoms with Crippen molar-refractivity contribution in [3.63, 3.8) is 0 Å². The molecule has 3 rings (SSSR count). The fourth-order valence-electron chi connectivity index (χ4n) is 2.76. The summed E-state index contributed by atoms with van der Waals surface area (Å²) < 4.78 is 5.89. The molecule has 0 N–H and O–H groups in total. The first-order chi connectivity index (χ1) is 14.0. The molecule has 0 bridgehead atoms. The molecular formula is C22H17Br2NO4. The maximum absolute atomic E-state index is 13.1. The molecule has 0 heterocycles. The molecule has 0 aliphatic heterocycles. The third-order valence-electron chi connectivity index (χ3n) is 4.32. The summed E-state index contributed by atoms with van der Waals surface area (Å²) in [6.07, 6.45) is 0. The van der Waals surface area contributed by atoms with Crippen LogP contribution in [0.2, 0.25) is 0 Å². The number of hydrogen-bond donors (Lipinski definition) is 0. The minimum absolute atomic E-state index is 0.00514. The molecule has 0 radical (unpaired) electrons. The highest BCUT2D eigenvalue weighted by Gasteiger charge is 2.28. The Morgan fingerprint density at radius 1 is 0.931 bits per heavy atom. The van der Waals surface area contributed by atoms with E-state index >= 15 is 0 Å². The maximum Gasteiger partial charge on any atom is 0.269 e. The topological polar surface area (TPSA) is 69.4 Å². The van der Waals surface area contributed by atoms with Crippen molar-refractivity contribution in [2.45, 2.75) is 16.3 Å². The fraction of sp³-hybridized carbons (Fsp3) is 0.136. The zero-order valence-corrected chi connectivity index (χ0v) is 18.4. The lowest BCUT2D eigenvalue weighted by Gasteiger charge is -2.18. The van der Waals surface area contributed by atoms with Gasteiger partial charge < -0.3 is 4.74 Å². The Morgan fingerprint density at radius 2 is 1.55 bits per heavy atom. The van der Waals surface area contributed by atoms with E-state index in [1.807, 2.05) is 36.4 Å². The first-order valence-electron chi connectivity index (χ1n) is 8.80. The first-order valence-corrected chi connectivity index (χ1v) is 10.6. The summed E-state index contributed by atoms with van der Waals surface area (Å²) in [6.45, 7) is 0.359. The van der Waals surface area contributed by atoms with Crippen molar-refractivity contribution < 1.29 is 14.5 Å². The summed E-state index contributed by atoms with van der Waals surface area (Å²) in [6, 6.07) is 22.9. The molecule has 5 nitrogen and oxygen atoms in total. The molecule has 0 amide bonds. The van der Waals surface area contributed by atoms with Gasteiger partial charge in [0.05, 0.1) is 20.1 Å². The van der Waals surface area contributed by atoms with Gasteiger partial charge in [0.25, 0.3) is 5.69 Å². The lowest BCUT2D eigenvalue weighted by Crippen LogP contribution is -2.20. The Hall–Kier alpha value is -2.51. The number of halogens is 2. The largest absolute Gasteiger partial charge is 0.488 e. The minimum atomic E-state index is -0.578. The van der Waals surface area contributed by atoms with E-state index in [-0.39, 0.29) is 16.3 Å². The van der Waals surface area contributed by atoms with E-state index in [2.05, 4.69) is 31.9 Å². The number of nitrogens with zero attached hydrogens (tertiary/aromatic N) is 1. The number of hydrogen-bond acceptors (Lipinski definition) is 4. The summed E-state index contributed by atoms with van der Waals surface area (Å²) in [7, 11) is 0. The molecule has 3 aromatic carbocycles. The second kappa shape index (κ2) is 9.80. The number of para-hydroxylation sites is 1. The first kappa shape index (κ1) is 21.2. The quantitative estimate of drug-likeness (QED) is 0.153. The second-order valence-electron chi connectivity index (χ2n) is 6.29. The predicted molar refractivity (Wildman–Crippen MR) is 119 cm³/mol. The number of rotatable bonds is 8. The maximum atomic E-state index is 13.1. The van der Waals surface area contributed by atoms with Gasteiger partial charge in [-0.25, -0.2) is 0 Å². The Morgan fingerprint density at radius 3 is 2.21 bits per heavy atom. The zero-order chi connectivity index (χ0) is 20.8. The molecule has 0 aliphatic rings. The number of Topliss-reactive ketones (excluding diaryl/α,β-unsaturated/α-hetero) is 1. The van der Waals surface area contributed by atoms with Crippen molar-refractivity contribution in [2.75, 3.05) is 0 Å². The highest BCUT2D eigenvalue weighted by atomic mass is 79.9. The average Bonchev–Trinajstić information content (AvgIpc) is 2.77. The van der Waals surface area contributed by atoms with Crippen molar-refractivity contribution in [3.8, 4) is 5.75 Å². The van der Waals surface area contributed by atoms with Crippen LogP contribution in [0.4, 0.5) is 5.69 Å². The third-order valence-corrected chi connectivity index (χ3v) is 7.03. The Bertz CT molecular complexity index is 993. The van der Waals surface area contributed by atoms with Crippen LogP contribution in [-0.2, 0) is 6.61 Å². The van der Waals surface area contributed by atoms with Crippen LogP contribution in [0, 0.1) is 10.1 Å². The number of ether oxygens (including phenoxy) is 1. The van der Waals surface area contributed by atoms with Crippen molar-refractivity contribution in [1.82, 2.24) is 0 Å². The van der Waals surface area contributed by atoms with Gasteiger partial charge >= 0.3 is 0 Å². The van der Waals surface area contributed by atoms with Crippen LogP contribution in [0.5, 0.6) is 5.75 Å². The van der Waals surface area contributed by atoms with E-state index in [4.69, 9.17) is 4.74 Å². The fourth-order valence-corrected chi connectivity index (χ4v) is 3.86. The summed E-state index contributed by atoms with van der Waals surface area (Å²) in [5.74, 6) is 0.364. The number of nitro groups is 1. The van der Waals surface area contributed by atoms with Crippen molar-refractivity contribution in [3.05, 3.63) is 106 Å². The van der Waals surface area contributed by atoms with E-state index in [1.54, 1.807) is 30.3 Å². The van der Waals surface area contributed by atoms with Crippen LogP contribution >= 0.6 is 31.9 Å². The Kier molecular flexibility index (Phi) is 7.17. The van der Waals surface area contributed by atoms with Gasteiger partial charge in [0, 0.05) is 12.1 Å². The highest BCUT2D eigenvalue weighted by molar-refractivity contribution is 9.12. The molecule has 0 saturated heterocycles. The second-order valence-corrected chi connectivity index (χ2v) is 8.26. The third kappa shape index (κ3) is 5.31. The molecule has 0 fully saturated rings. The molecule has 0 saturated carbocycles. The molecular weight excluding hydrogens is 502 g/mol. The highest BCUT2D eigenvalue weighted by Crippen LogP contribution is 2.35. The van der Waals surface area contributed by atoms with Gasteiger partial charge in [-0.1, -0.05) is 86.5 Å². The Labute approximate surface area is 185 Å². The molecule has 148 valence electrons. The van der Waals surface area contributed by atoms with Crippen molar-refractivity contribution in [2.24, 2.45) is 0 Å². The van der Waals surface area contributed by atoms with Crippen LogP contribution in [0.15, 0.2) is 78.9 Å². The lowest BCUT2D eigenvalue weighted by atomic mass is 10.0. The van der Waals surface area contributed by atoms with Crippen LogP contribution in [0.3, 0.4) is 0 Å². The van der Waals surface area contributed by atoms with Gasteiger partial charge in [0.15, 0.2) is 5.78 Å². The number of nitro benzene ring substituents is 1. The van der Waals surface area contributed by atoms with Crippen LogP contribution in [-0.4, -0.2) is 15.5 Å². The number of alkyl halides is 2. The summed E-state index contributed by atoms with van der Waals surface area (Å²) in [5, 5.41) is 10.8. The predicted octanol–water partition coefficient (Wildman–Crippen LogP) is 6.26. The number of benzene rings is 3. The number of non-ortho nitro benzene ring substituents is 1. The van der Waals surface area contributed by atoms with Crippen molar-refractivity contribution >= 4 is 43.3 Å². The van der Waals surface area contributed by atoms with Crippen LogP contribution in [0.1, 0.15) is 26.3 Å². The van der Waals surface area contributed by atoms with E-state index in [9.17, 15) is 14.9 Å². The molecule has 7 heteroatoms. The normalized spacial score (nSPS) is 12.8. The van der Waals surface area contributed by atoms with E-state index in [0.717, 1.165) is 11.1 Å². The number of carbonyl (C=O) groups is 1. The van der Waals surface area contributed by atoms with Gasteiger partial charge in [0.2, 0.25) is 0 Å². The number of carbonyl (C=O) groups excluding carboxylic acids is 1. The molecule has 2 atom stereocenters. The number of ketones is 1. The summed E-state index contributed by atoms with van der Waals surface area (Å²) in [4.78, 5) is 22.5. The van der Waals surface area contributed by atoms with Gasteiger partial charge in [0.1, 0.15) is 12.4 Å². The van der Waals surface area contributed by atoms with Crippen molar-refractivity contribution in [1.29, 1.82) is 0 Å². The van der Waals surface area contributed by atoms with Crippen LogP contribution in [0.25, 0.3) is 0 Å². The minimum Gasteiger partial charge on any atom is -0.488 e. The zero-order valence-electron chi connectivity index (χ0n) is 15.2. The average molecular weight is 519 g/mol. The van der Waals surface area contributed by atoms with Crippen LogP contribution < -0.4 is 4.74 Å². The molecule has 29 heavy (non-hydrogen) atoms. The van der Waals surface area contributed by atoms with Gasteiger partial charge in [-0.15, -0.1) is 0 Å². The molecule has 0 spiro atoms. The standard InChI is InChI=1S/C22H17Br2NO4/c23-20(16-10-12-17(13-11-16)25(27)28)21(24)22(26)18-8-4-5-9-19(18)29-14-15-6-2-1-3-7-15/h1-13,20-21H,14H2/t20-,21+/m0/s1. The molecule has 0 aliphatic carbocycles. The van der Waals surface area contributed by atoms with E-state index in [0.29, 0.717) is 17.9 Å². The smallest absolute Gasteiger partial charge is 0.269 e. The Balaban J connectivity index is 1.76.